The molecule has 0 fully saturated rings. The van der Waals surface area contributed by atoms with Crippen molar-refractivity contribution in [3.63, 3.8) is 0 Å². The Hall–Kier alpha value is -1.91. The van der Waals surface area contributed by atoms with Crippen LogP contribution >= 0.6 is 23.2 Å². The lowest BCUT2D eigenvalue weighted by molar-refractivity contribution is -0.120. The summed E-state index contributed by atoms with van der Waals surface area (Å²) >= 11 is 11.9. The van der Waals surface area contributed by atoms with Gasteiger partial charge in [-0.3, -0.25) is 4.79 Å². The number of carbonyl (C=O) groups is 1. The second kappa shape index (κ2) is 9.40. The molecule has 0 bridgehead atoms. The summed E-state index contributed by atoms with van der Waals surface area (Å²) in [5, 5.41) is 7.16. The molecule has 0 heterocycles. The number of anilines is 1. The van der Waals surface area contributed by atoms with Gasteiger partial charge in [0.05, 0.1) is 17.8 Å². The third-order valence-electron chi connectivity index (χ3n) is 3.49. The number of rotatable bonds is 8. The van der Waals surface area contributed by atoms with Crippen LogP contribution in [-0.2, 0) is 11.2 Å². The van der Waals surface area contributed by atoms with E-state index in [0.717, 1.165) is 23.4 Å². The fraction of sp³-hybridized carbons (Fsp3) is 0.278. The van der Waals surface area contributed by atoms with Gasteiger partial charge in [0.25, 0.3) is 0 Å². The average Bonchev–Trinajstić information content (AvgIpc) is 2.57. The van der Waals surface area contributed by atoms with Gasteiger partial charge in [0.1, 0.15) is 5.75 Å². The van der Waals surface area contributed by atoms with Crippen molar-refractivity contribution in [3.05, 3.63) is 58.1 Å². The Balaban J connectivity index is 1.66. The molecule has 128 valence electrons. The molecule has 24 heavy (non-hydrogen) atoms. The van der Waals surface area contributed by atoms with Crippen molar-refractivity contribution in [2.24, 2.45) is 0 Å². The maximum Gasteiger partial charge on any atom is 0.221 e. The Labute approximate surface area is 152 Å². The first-order chi connectivity index (χ1) is 11.6. The molecular formula is C18H20Cl2N2O2. The van der Waals surface area contributed by atoms with Gasteiger partial charge >= 0.3 is 0 Å². The summed E-state index contributed by atoms with van der Waals surface area (Å²) < 4.78 is 5.11. The quantitative estimate of drug-likeness (QED) is 0.737. The molecule has 2 aromatic carbocycles. The predicted octanol–water partition coefficient (Wildman–Crippen LogP) is 4.16. The first-order valence-corrected chi connectivity index (χ1v) is 8.42. The van der Waals surface area contributed by atoms with E-state index in [-0.39, 0.29) is 5.91 Å². The molecule has 0 saturated heterocycles. The minimum Gasteiger partial charge on any atom is -0.497 e. The van der Waals surface area contributed by atoms with E-state index in [1.165, 1.54) is 0 Å². The van der Waals surface area contributed by atoms with Crippen molar-refractivity contribution in [2.45, 2.75) is 12.8 Å². The summed E-state index contributed by atoms with van der Waals surface area (Å²) in [6.07, 6.45) is 1.16. The lowest BCUT2D eigenvalue weighted by atomic mass is 10.1. The number of nitrogens with one attached hydrogen (secondary N) is 2. The highest BCUT2D eigenvalue weighted by molar-refractivity contribution is 6.36. The van der Waals surface area contributed by atoms with Crippen molar-refractivity contribution in [1.29, 1.82) is 0 Å². The first kappa shape index (κ1) is 18.4. The molecule has 2 aromatic rings. The minimum atomic E-state index is 0.00102. The van der Waals surface area contributed by atoms with Gasteiger partial charge in [-0.25, -0.2) is 0 Å². The van der Waals surface area contributed by atoms with Crippen LogP contribution in [-0.4, -0.2) is 26.1 Å². The number of amides is 1. The maximum absolute atomic E-state index is 11.8. The van der Waals surface area contributed by atoms with Crippen LogP contribution in [0.4, 0.5) is 5.69 Å². The number of hydrogen-bond acceptors (Lipinski definition) is 3. The summed E-state index contributed by atoms with van der Waals surface area (Å²) in [4.78, 5) is 11.8. The Kier molecular flexibility index (Phi) is 7.22. The Morgan fingerprint density at radius 2 is 1.83 bits per heavy atom. The SMILES string of the molecule is COc1ccc(CCNC(=O)CCNc2ccc(Cl)cc2Cl)cc1. The maximum atomic E-state index is 11.8. The standard InChI is InChI=1S/C18H20Cl2N2O2/c1-24-15-5-2-13(3-6-15)8-10-22-18(23)9-11-21-17-7-4-14(19)12-16(17)20/h2-7,12,21H,8-11H2,1H3,(H,22,23). The third-order valence-corrected chi connectivity index (χ3v) is 4.04. The molecule has 2 rings (SSSR count). The van der Waals surface area contributed by atoms with Crippen LogP contribution in [0.15, 0.2) is 42.5 Å². The number of benzene rings is 2. The highest BCUT2D eigenvalue weighted by Gasteiger charge is 2.04. The number of methoxy groups -OCH3 is 1. The zero-order valence-corrected chi connectivity index (χ0v) is 15.0. The van der Waals surface area contributed by atoms with Gasteiger partial charge in [-0.1, -0.05) is 35.3 Å². The van der Waals surface area contributed by atoms with Gasteiger partial charge in [-0.05, 0) is 42.3 Å². The van der Waals surface area contributed by atoms with Crippen LogP contribution in [0.5, 0.6) is 5.75 Å². The number of halogens is 2. The Morgan fingerprint density at radius 3 is 2.50 bits per heavy atom. The van der Waals surface area contributed by atoms with Crippen LogP contribution in [0.2, 0.25) is 10.0 Å². The zero-order valence-electron chi connectivity index (χ0n) is 13.4. The van der Waals surface area contributed by atoms with Crippen molar-refractivity contribution in [1.82, 2.24) is 5.32 Å². The van der Waals surface area contributed by atoms with Crippen LogP contribution < -0.4 is 15.4 Å². The van der Waals surface area contributed by atoms with E-state index in [4.69, 9.17) is 27.9 Å². The second-order valence-corrected chi connectivity index (χ2v) is 6.09. The smallest absolute Gasteiger partial charge is 0.221 e. The predicted molar refractivity (Wildman–Crippen MR) is 99.3 cm³/mol. The zero-order chi connectivity index (χ0) is 17.4. The van der Waals surface area contributed by atoms with E-state index in [0.29, 0.717) is 29.6 Å². The number of carbonyl (C=O) groups excluding carboxylic acids is 1. The fourth-order valence-corrected chi connectivity index (χ4v) is 2.65. The minimum absolute atomic E-state index is 0.00102. The molecule has 0 aliphatic rings. The molecule has 2 N–H and O–H groups in total. The first-order valence-electron chi connectivity index (χ1n) is 7.67. The van der Waals surface area contributed by atoms with Crippen molar-refractivity contribution >= 4 is 34.8 Å². The highest BCUT2D eigenvalue weighted by Crippen LogP contribution is 2.25. The largest absolute Gasteiger partial charge is 0.497 e. The van der Waals surface area contributed by atoms with E-state index >= 15 is 0 Å². The van der Waals surface area contributed by atoms with Gasteiger partial charge < -0.3 is 15.4 Å². The van der Waals surface area contributed by atoms with Gasteiger partial charge in [-0.2, -0.15) is 0 Å². The highest BCUT2D eigenvalue weighted by atomic mass is 35.5. The molecule has 0 spiro atoms. The fourth-order valence-electron chi connectivity index (χ4n) is 2.17. The molecule has 0 radical (unpaired) electrons. The lowest BCUT2D eigenvalue weighted by Crippen LogP contribution is -2.27. The van der Waals surface area contributed by atoms with Crippen molar-refractivity contribution in [2.75, 3.05) is 25.5 Å². The molecule has 0 aliphatic carbocycles. The number of ether oxygens (including phenoxy) is 1. The molecule has 0 aromatic heterocycles. The monoisotopic (exact) mass is 366 g/mol. The van der Waals surface area contributed by atoms with Crippen LogP contribution in [0.25, 0.3) is 0 Å². The van der Waals surface area contributed by atoms with E-state index in [2.05, 4.69) is 10.6 Å². The molecule has 1 amide bonds. The topological polar surface area (TPSA) is 50.4 Å². The summed E-state index contributed by atoms with van der Waals surface area (Å²) in [6.45, 7) is 1.11. The number of hydrogen-bond donors (Lipinski definition) is 2. The molecule has 0 aliphatic heterocycles. The average molecular weight is 367 g/mol. The Bertz CT molecular complexity index is 675. The molecule has 6 heteroatoms. The van der Waals surface area contributed by atoms with E-state index in [1.54, 1.807) is 25.3 Å². The van der Waals surface area contributed by atoms with E-state index < -0.39 is 0 Å². The molecule has 0 atom stereocenters. The second-order valence-electron chi connectivity index (χ2n) is 5.25. The van der Waals surface area contributed by atoms with Crippen molar-refractivity contribution < 1.29 is 9.53 Å². The van der Waals surface area contributed by atoms with Gasteiger partial charge in [-0.15, -0.1) is 0 Å². The van der Waals surface area contributed by atoms with E-state index in [1.807, 2.05) is 24.3 Å². The Morgan fingerprint density at radius 1 is 1.08 bits per heavy atom. The molecule has 4 nitrogen and oxygen atoms in total. The molecule has 0 unspecified atom stereocenters. The van der Waals surface area contributed by atoms with Crippen LogP contribution in [0, 0.1) is 0 Å². The van der Waals surface area contributed by atoms with E-state index in [9.17, 15) is 4.79 Å². The van der Waals surface area contributed by atoms with Crippen LogP contribution in [0.1, 0.15) is 12.0 Å². The van der Waals surface area contributed by atoms with Gasteiger partial charge in [0.15, 0.2) is 0 Å². The summed E-state index contributed by atoms with van der Waals surface area (Å²) in [5.74, 6) is 0.829. The summed E-state index contributed by atoms with van der Waals surface area (Å²) in [5.41, 5.74) is 1.93. The normalized spacial score (nSPS) is 10.3. The molecule has 0 saturated carbocycles. The lowest BCUT2D eigenvalue weighted by Gasteiger charge is -2.09. The summed E-state index contributed by atoms with van der Waals surface area (Å²) in [6, 6.07) is 13.0. The van der Waals surface area contributed by atoms with Crippen LogP contribution in [0.3, 0.4) is 0 Å². The van der Waals surface area contributed by atoms with Gasteiger partial charge in [0, 0.05) is 24.5 Å². The third kappa shape index (κ3) is 5.95. The summed E-state index contributed by atoms with van der Waals surface area (Å²) in [7, 11) is 1.64. The van der Waals surface area contributed by atoms with Crippen molar-refractivity contribution in [3.8, 4) is 5.75 Å². The molecular weight excluding hydrogens is 347 g/mol. The van der Waals surface area contributed by atoms with Gasteiger partial charge in [0.2, 0.25) is 5.91 Å².